The van der Waals surface area contributed by atoms with Crippen molar-refractivity contribution in [3.8, 4) is 0 Å². The Morgan fingerprint density at radius 1 is 1.38 bits per heavy atom. The normalized spacial score (nSPS) is 11.0. The van der Waals surface area contributed by atoms with Gasteiger partial charge in [0.2, 0.25) is 0 Å². The molecule has 0 saturated carbocycles. The Morgan fingerprint density at radius 3 is 2.88 bits per heavy atom. The zero-order valence-electron chi connectivity index (χ0n) is 12.9. The molecule has 0 aliphatic carbocycles. The number of nitrogens with one attached hydrogen (secondary N) is 1. The number of rotatable bonds is 6. The van der Waals surface area contributed by atoms with Crippen molar-refractivity contribution in [1.29, 1.82) is 0 Å². The Morgan fingerprint density at radius 2 is 2.21 bits per heavy atom. The van der Waals surface area contributed by atoms with Gasteiger partial charge < -0.3 is 4.57 Å². The van der Waals surface area contributed by atoms with Crippen molar-refractivity contribution < 1.29 is 4.79 Å². The number of aryl methyl sites for hydroxylation is 1. The second kappa shape index (κ2) is 7.89. The van der Waals surface area contributed by atoms with Gasteiger partial charge >= 0.3 is 0 Å². The number of aromatic nitrogens is 3. The van der Waals surface area contributed by atoms with Crippen LogP contribution in [-0.4, -0.2) is 26.9 Å². The molecular weight excluding hydrogens is 342 g/mol. The fraction of sp³-hybridized carbons (Fsp3) is 0.125. The van der Waals surface area contributed by atoms with Crippen LogP contribution in [0.1, 0.15) is 21.5 Å². The summed E-state index contributed by atoms with van der Waals surface area (Å²) in [4.78, 5) is 12.0. The summed E-state index contributed by atoms with van der Waals surface area (Å²) in [5, 5.41) is 16.6. The molecule has 0 radical (unpaired) electrons. The zero-order chi connectivity index (χ0) is 16.8. The maximum Gasteiger partial charge on any atom is 0.271 e. The highest BCUT2D eigenvalue weighted by molar-refractivity contribution is 7.98. The third-order valence-electron chi connectivity index (χ3n) is 3.18. The molecule has 0 bridgehead atoms. The highest BCUT2D eigenvalue weighted by Crippen LogP contribution is 2.20. The van der Waals surface area contributed by atoms with Gasteiger partial charge in [-0.3, -0.25) is 4.79 Å². The summed E-state index contributed by atoms with van der Waals surface area (Å²) in [6.07, 6.45) is 3.30. The van der Waals surface area contributed by atoms with Crippen LogP contribution >= 0.6 is 23.1 Å². The van der Waals surface area contributed by atoms with E-state index in [1.165, 1.54) is 0 Å². The summed E-state index contributed by atoms with van der Waals surface area (Å²) in [7, 11) is 1.91. The second-order valence-corrected chi connectivity index (χ2v) is 6.69. The number of nitrogens with zero attached hydrogens (tertiary/aromatic N) is 4. The summed E-state index contributed by atoms with van der Waals surface area (Å²) in [5.41, 5.74) is 5.18. The van der Waals surface area contributed by atoms with Crippen molar-refractivity contribution >= 4 is 35.2 Å². The molecule has 0 spiro atoms. The maximum absolute atomic E-state index is 12.0. The van der Waals surface area contributed by atoms with Crippen molar-refractivity contribution in [2.45, 2.75) is 10.9 Å². The Hall–Kier alpha value is -2.45. The summed E-state index contributed by atoms with van der Waals surface area (Å²) in [6, 6.07) is 9.38. The van der Waals surface area contributed by atoms with E-state index >= 15 is 0 Å². The molecule has 1 N–H and O–H groups in total. The molecule has 0 aliphatic rings. The number of hydrogen-bond donors (Lipinski definition) is 1. The fourth-order valence-electron chi connectivity index (χ4n) is 1.88. The lowest BCUT2D eigenvalue weighted by Crippen LogP contribution is -2.17. The smallest absolute Gasteiger partial charge is 0.271 e. The number of carbonyl (C=O) groups excluding carboxylic acids is 1. The number of thioether (sulfide) groups is 1. The molecule has 8 heteroatoms. The van der Waals surface area contributed by atoms with E-state index in [2.05, 4.69) is 20.7 Å². The maximum atomic E-state index is 12.0. The lowest BCUT2D eigenvalue weighted by Gasteiger charge is -2.03. The third kappa shape index (κ3) is 4.30. The van der Waals surface area contributed by atoms with Gasteiger partial charge in [-0.25, -0.2) is 5.43 Å². The number of hydrogen-bond acceptors (Lipinski definition) is 6. The largest absolute Gasteiger partial charge is 0.312 e. The lowest BCUT2D eigenvalue weighted by atomic mass is 10.1. The van der Waals surface area contributed by atoms with E-state index in [0.29, 0.717) is 5.56 Å². The molecule has 0 atom stereocenters. The molecule has 122 valence electrons. The van der Waals surface area contributed by atoms with Crippen LogP contribution in [0.3, 0.4) is 0 Å². The predicted molar refractivity (Wildman–Crippen MR) is 96.4 cm³/mol. The number of hydrazone groups is 1. The Labute approximate surface area is 147 Å². The minimum Gasteiger partial charge on any atom is -0.312 e. The van der Waals surface area contributed by atoms with Gasteiger partial charge in [0, 0.05) is 23.9 Å². The third-order valence-corrected chi connectivity index (χ3v) is 4.98. The van der Waals surface area contributed by atoms with Gasteiger partial charge in [0.15, 0.2) is 5.16 Å². The average Bonchev–Trinajstić information content (AvgIpc) is 3.25. The summed E-state index contributed by atoms with van der Waals surface area (Å²) in [5.74, 6) is 0.541. The van der Waals surface area contributed by atoms with E-state index in [1.54, 1.807) is 47.8 Å². The highest BCUT2D eigenvalue weighted by Gasteiger charge is 2.06. The van der Waals surface area contributed by atoms with E-state index in [-0.39, 0.29) is 5.91 Å². The van der Waals surface area contributed by atoms with Crippen LogP contribution in [0, 0.1) is 0 Å². The number of carbonyl (C=O) groups is 1. The van der Waals surface area contributed by atoms with Crippen molar-refractivity contribution in [3.63, 3.8) is 0 Å². The van der Waals surface area contributed by atoms with Crippen molar-refractivity contribution in [3.05, 3.63) is 64.1 Å². The topological polar surface area (TPSA) is 72.2 Å². The van der Waals surface area contributed by atoms with Gasteiger partial charge in [0.1, 0.15) is 6.33 Å². The van der Waals surface area contributed by atoms with E-state index in [4.69, 9.17) is 0 Å². The minimum absolute atomic E-state index is 0.228. The number of benzene rings is 1. The van der Waals surface area contributed by atoms with E-state index in [9.17, 15) is 4.79 Å². The van der Waals surface area contributed by atoms with E-state index < -0.39 is 0 Å². The molecule has 1 amide bonds. The fourth-order valence-corrected chi connectivity index (χ4v) is 3.34. The summed E-state index contributed by atoms with van der Waals surface area (Å²) in [6.45, 7) is 0. The van der Waals surface area contributed by atoms with Crippen molar-refractivity contribution in [2.24, 2.45) is 12.1 Å². The molecule has 0 aliphatic heterocycles. The van der Waals surface area contributed by atoms with Gasteiger partial charge in [-0.2, -0.15) is 16.4 Å². The summed E-state index contributed by atoms with van der Waals surface area (Å²) < 4.78 is 1.87. The molecule has 0 saturated heterocycles. The van der Waals surface area contributed by atoms with Crippen LogP contribution in [0.4, 0.5) is 0 Å². The van der Waals surface area contributed by atoms with Gasteiger partial charge in [0.05, 0.1) is 6.21 Å². The van der Waals surface area contributed by atoms with Gasteiger partial charge in [-0.1, -0.05) is 23.9 Å². The second-order valence-electron chi connectivity index (χ2n) is 4.97. The molecular formula is C16H15N5OS2. The number of amides is 1. The molecule has 0 fully saturated rings. The molecule has 2 heterocycles. The first-order valence-electron chi connectivity index (χ1n) is 7.14. The number of thiophene rings is 1. The van der Waals surface area contributed by atoms with Crippen LogP contribution in [-0.2, 0) is 12.8 Å². The molecule has 3 aromatic rings. The monoisotopic (exact) mass is 357 g/mol. The quantitative estimate of drug-likeness (QED) is 0.418. The average molecular weight is 357 g/mol. The zero-order valence-corrected chi connectivity index (χ0v) is 14.5. The SMILES string of the molecule is Cn1cnnc1SCc1ccc(C(=O)N/N=C/c2ccsc2)cc1. The molecule has 2 aromatic heterocycles. The molecule has 1 aromatic carbocycles. The van der Waals surface area contributed by atoms with E-state index in [0.717, 1.165) is 22.0 Å². The van der Waals surface area contributed by atoms with Crippen molar-refractivity contribution in [2.75, 3.05) is 0 Å². The van der Waals surface area contributed by atoms with E-state index in [1.807, 2.05) is 40.6 Å². The Bertz CT molecular complexity index is 825. The Kier molecular flexibility index (Phi) is 5.39. The van der Waals surface area contributed by atoms with Gasteiger partial charge in [-0.15, -0.1) is 10.2 Å². The lowest BCUT2D eigenvalue weighted by molar-refractivity contribution is 0.0955. The molecule has 0 unspecified atom stereocenters. The highest BCUT2D eigenvalue weighted by atomic mass is 32.2. The first-order chi connectivity index (χ1) is 11.7. The predicted octanol–water partition coefficient (Wildman–Crippen LogP) is 2.93. The molecule has 6 nitrogen and oxygen atoms in total. The first-order valence-corrected chi connectivity index (χ1v) is 9.06. The first kappa shape index (κ1) is 16.4. The van der Waals surface area contributed by atoms with Gasteiger partial charge in [0.25, 0.3) is 5.91 Å². The Balaban J connectivity index is 1.53. The van der Waals surface area contributed by atoms with Crippen molar-refractivity contribution in [1.82, 2.24) is 20.2 Å². The molecule has 24 heavy (non-hydrogen) atoms. The van der Waals surface area contributed by atoms with Crippen LogP contribution < -0.4 is 5.43 Å². The van der Waals surface area contributed by atoms with Crippen LogP contribution in [0.5, 0.6) is 0 Å². The van der Waals surface area contributed by atoms with Gasteiger partial charge in [-0.05, 0) is 34.5 Å². The molecule has 3 rings (SSSR count). The van der Waals surface area contributed by atoms with Crippen LogP contribution in [0.25, 0.3) is 0 Å². The van der Waals surface area contributed by atoms with Crippen LogP contribution in [0.2, 0.25) is 0 Å². The standard InChI is InChI=1S/C16H15N5OS2/c1-21-11-18-20-16(21)24-10-12-2-4-14(5-3-12)15(22)19-17-8-13-6-7-23-9-13/h2-9,11H,10H2,1H3,(H,19,22)/b17-8+. The minimum atomic E-state index is -0.228. The summed E-state index contributed by atoms with van der Waals surface area (Å²) >= 11 is 3.18. The van der Waals surface area contributed by atoms with Crippen LogP contribution in [0.15, 0.2) is 57.7 Å².